The van der Waals surface area contributed by atoms with Crippen LogP contribution in [-0.4, -0.2) is 36.6 Å². The second kappa shape index (κ2) is 8.88. The van der Waals surface area contributed by atoms with Crippen molar-refractivity contribution in [1.29, 1.82) is 0 Å². The minimum absolute atomic E-state index is 0.0380. The molecule has 1 rings (SSSR count). The molecule has 7 nitrogen and oxygen atoms in total. The highest BCUT2D eigenvalue weighted by Crippen LogP contribution is 2.28. The van der Waals surface area contributed by atoms with Crippen LogP contribution in [0.15, 0.2) is 23.4 Å². The van der Waals surface area contributed by atoms with Gasteiger partial charge in [-0.3, -0.25) is 0 Å². The number of esters is 1. The third-order valence-electron chi connectivity index (χ3n) is 1.69. The molecule has 1 aliphatic heterocycles. The van der Waals surface area contributed by atoms with Crippen LogP contribution in [0.5, 0.6) is 0 Å². The molecule has 8 heteroatoms. The second-order valence-corrected chi connectivity index (χ2v) is 3.34. The zero-order valence-electron chi connectivity index (χ0n) is 10.7. The van der Waals surface area contributed by atoms with Crippen LogP contribution in [0.4, 0.5) is 0 Å². The highest BCUT2D eigenvalue weighted by molar-refractivity contribution is 7.39. The molecule has 0 aliphatic carbocycles. The van der Waals surface area contributed by atoms with Crippen LogP contribution in [-0.2, 0) is 23.5 Å². The van der Waals surface area contributed by atoms with Crippen LogP contribution in [0, 0.1) is 0 Å². The Hall–Kier alpha value is -1.14. The number of hydrogen-bond donors (Lipinski definition) is 2. The van der Waals surface area contributed by atoms with Crippen molar-refractivity contribution in [3.05, 3.63) is 23.4 Å². The first-order valence-corrected chi connectivity index (χ1v) is 6.32. The standard InChI is InChI=1S/C8H11O7P.C2H6/c1-12-6-5(3-4-14-16(10)11)15-8(9)7(6)13-2;1-2/h3,10-11H,4H2,1-2H3;1-2H3/b5-3+;. The zero-order valence-corrected chi connectivity index (χ0v) is 11.6. The number of methoxy groups -OCH3 is 2. The fraction of sp³-hybridized carbons (Fsp3) is 0.500. The quantitative estimate of drug-likeness (QED) is 0.577. The third-order valence-corrected chi connectivity index (χ3v) is 2.07. The molecule has 0 atom stereocenters. The molecule has 0 aromatic heterocycles. The number of rotatable bonds is 5. The van der Waals surface area contributed by atoms with E-state index in [1.807, 2.05) is 13.8 Å². The molecule has 0 aromatic rings. The number of carbonyl (C=O) groups excluding carboxylic acids is 1. The minimum atomic E-state index is -2.44. The van der Waals surface area contributed by atoms with Crippen molar-refractivity contribution < 1.29 is 33.3 Å². The van der Waals surface area contributed by atoms with Crippen molar-refractivity contribution in [2.75, 3.05) is 20.8 Å². The first kappa shape index (κ1) is 16.9. The summed E-state index contributed by atoms with van der Waals surface area (Å²) < 4.78 is 19.0. The Kier molecular flexibility index (Phi) is 8.32. The van der Waals surface area contributed by atoms with Crippen LogP contribution in [0.25, 0.3) is 0 Å². The van der Waals surface area contributed by atoms with E-state index in [4.69, 9.17) is 24.0 Å². The average molecular weight is 280 g/mol. The molecule has 0 saturated carbocycles. The lowest BCUT2D eigenvalue weighted by atomic mass is 10.3. The van der Waals surface area contributed by atoms with Gasteiger partial charge in [0, 0.05) is 0 Å². The lowest BCUT2D eigenvalue weighted by Crippen LogP contribution is -2.00. The highest BCUT2D eigenvalue weighted by Gasteiger charge is 2.32. The van der Waals surface area contributed by atoms with Crippen molar-refractivity contribution >= 4 is 14.6 Å². The van der Waals surface area contributed by atoms with Gasteiger partial charge in [0.15, 0.2) is 5.76 Å². The molecule has 1 aliphatic rings. The largest absolute Gasteiger partial charge is 0.490 e. The van der Waals surface area contributed by atoms with E-state index >= 15 is 0 Å². The molecule has 0 radical (unpaired) electrons. The van der Waals surface area contributed by atoms with E-state index in [-0.39, 0.29) is 23.9 Å². The summed E-state index contributed by atoms with van der Waals surface area (Å²) in [6.07, 6.45) is 1.34. The topological polar surface area (TPSA) is 94.5 Å². The van der Waals surface area contributed by atoms with Crippen LogP contribution >= 0.6 is 8.60 Å². The van der Waals surface area contributed by atoms with Crippen molar-refractivity contribution in [1.82, 2.24) is 0 Å². The summed E-state index contributed by atoms with van der Waals surface area (Å²) >= 11 is 0. The molecule has 0 spiro atoms. The maximum absolute atomic E-state index is 11.2. The minimum Gasteiger partial charge on any atom is -0.490 e. The Morgan fingerprint density at radius 2 is 1.78 bits per heavy atom. The second-order valence-electron chi connectivity index (χ2n) is 2.57. The predicted molar refractivity (Wildman–Crippen MR) is 63.9 cm³/mol. The molecule has 104 valence electrons. The summed E-state index contributed by atoms with van der Waals surface area (Å²) in [5.41, 5.74) is 0. The summed E-state index contributed by atoms with van der Waals surface area (Å²) in [6.45, 7) is 3.88. The molecule has 0 saturated heterocycles. The van der Waals surface area contributed by atoms with Gasteiger partial charge in [-0.1, -0.05) is 13.8 Å². The Morgan fingerprint density at radius 1 is 1.22 bits per heavy atom. The van der Waals surface area contributed by atoms with E-state index in [2.05, 4.69) is 4.52 Å². The van der Waals surface area contributed by atoms with E-state index in [0.717, 1.165) is 0 Å². The molecular formula is C10H17O7P. The van der Waals surface area contributed by atoms with Crippen molar-refractivity contribution in [3.63, 3.8) is 0 Å². The molecule has 1 heterocycles. The maximum Gasteiger partial charge on any atom is 0.383 e. The number of cyclic esters (lactones) is 1. The predicted octanol–water partition coefficient (Wildman–Crippen LogP) is 1.19. The van der Waals surface area contributed by atoms with E-state index in [9.17, 15) is 4.79 Å². The normalized spacial score (nSPS) is 16.6. The van der Waals surface area contributed by atoms with E-state index in [0.29, 0.717) is 0 Å². The number of ether oxygens (including phenoxy) is 3. The van der Waals surface area contributed by atoms with Gasteiger partial charge in [-0.25, -0.2) is 4.79 Å². The monoisotopic (exact) mass is 280 g/mol. The highest BCUT2D eigenvalue weighted by atomic mass is 31.2. The summed E-state index contributed by atoms with van der Waals surface area (Å²) in [6, 6.07) is 0. The van der Waals surface area contributed by atoms with Gasteiger partial charge in [0.1, 0.15) is 0 Å². The van der Waals surface area contributed by atoms with Crippen molar-refractivity contribution in [3.8, 4) is 0 Å². The summed E-state index contributed by atoms with van der Waals surface area (Å²) in [4.78, 5) is 28.2. The van der Waals surface area contributed by atoms with Gasteiger partial charge in [-0.15, -0.1) is 0 Å². The molecular weight excluding hydrogens is 263 g/mol. The maximum atomic E-state index is 11.2. The van der Waals surface area contributed by atoms with Gasteiger partial charge in [0.2, 0.25) is 5.76 Å². The first-order chi connectivity index (χ1) is 8.60. The van der Waals surface area contributed by atoms with Gasteiger partial charge in [0.25, 0.3) is 5.76 Å². The summed E-state index contributed by atoms with van der Waals surface area (Å²) in [7, 11) is 0.234. The van der Waals surface area contributed by atoms with Gasteiger partial charge in [-0.2, -0.15) is 0 Å². The zero-order chi connectivity index (χ0) is 14.1. The van der Waals surface area contributed by atoms with E-state index in [1.165, 1.54) is 20.3 Å². The average Bonchev–Trinajstić information content (AvgIpc) is 2.66. The van der Waals surface area contributed by atoms with Gasteiger partial charge in [0.05, 0.1) is 20.8 Å². The third kappa shape index (κ3) is 4.62. The van der Waals surface area contributed by atoms with Crippen LogP contribution in [0.3, 0.4) is 0 Å². The summed E-state index contributed by atoms with van der Waals surface area (Å²) in [5, 5.41) is 0. The van der Waals surface area contributed by atoms with Gasteiger partial charge < -0.3 is 28.5 Å². The Balaban J connectivity index is 0.00000137. The van der Waals surface area contributed by atoms with E-state index in [1.54, 1.807) is 0 Å². The SMILES string of the molecule is CC.COC1=C(OC)/C(=C\COP(O)O)OC1=O. The molecule has 18 heavy (non-hydrogen) atoms. The van der Waals surface area contributed by atoms with Crippen LogP contribution in [0.1, 0.15) is 13.8 Å². The van der Waals surface area contributed by atoms with Crippen molar-refractivity contribution in [2.24, 2.45) is 0 Å². The van der Waals surface area contributed by atoms with Crippen LogP contribution in [0.2, 0.25) is 0 Å². The van der Waals surface area contributed by atoms with Gasteiger partial charge >= 0.3 is 14.6 Å². The number of carbonyl (C=O) groups is 1. The van der Waals surface area contributed by atoms with Crippen LogP contribution < -0.4 is 0 Å². The Labute approximate surface area is 107 Å². The number of hydrogen-bond acceptors (Lipinski definition) is 7. The Bertz CT molecular complexity index is 335. The lowest BCUT2D eigenvalue weighted by molar-refractivity contribution is -0.136. The lowest BCUT2D eigenvalue weighted by Gasteiger charge is -2.03. The molecule has 0 amide bonds. The first-order valence-electron chi connectivity index (χ1n) is 5.16. The smallest absolute Gasteiger partial charge is 0.383 e. The fourth-order valence-corrected chi connectivity index (χ4v) is 1.29. The molecule has 0 fully saturated rings. The summed E-state index contributed by atoms with van der Waals surface area (Å²) in [5.74, 6) is -0.428. The Morgan fingerprint density at radius 3 is 2.22 bits per heavy atom. The molecule has 0 bridgehead atoms. The molecule has 2 N–H and O–H groups in total. The molecule has 0 unspecified atom stereocenters. The fourth-order valence-electron chi connectivity index (χ4n) is 1.08. The van der Waals surface area contributed by atoms with Crippen molar-refractivity contribution in [2.45, 2.75) is 13.8 Å². The molecule has 0 aromatic carbocycles. The van der Waals surface area contributed by atoms with Gasteiger partial charge in [-0.05, 0) is 6.08 Å². The van der Waals surface area contributed by atoms with E-state index < -0.39 is 14.6 Å².